The molecule has 1 rings (SSSR count). The van der Waals surface area contributed by atoms with Gasteiger partial charge in [0.2, 0.25) is 0 Å². The number of nitrogen functional groups attached to an aromatic ring is 1. The lowest BCUT2D eigenvalue weighted by molar-refractivity contribution is -0.142. The summed E-state index contributed by atoms with van der Waals surface area (Å²) in [7, 11) is 0. The van der Waals surface area contributed by atoms with E-state index in [1.165, 1.54) is 6.07 Å². The van der Waals surface area contributed by atoms with Crippen LogP contribution in [-0.4, -0.2) is 12.6 Å². The molecule has 0 amide bonds. The maximum Gasteiger partial charge on any atom is 0.310 e. The Morgan fingerprint density at radius 1 is 1.60 bits per heavy atom. The second-order valence-corrected chi connectivity index (χ2v) is 3.72. The SMILES string of the molecule is CCOC(=O)Cc1ccc(N)c(Br)c1F. The molecule has 0 aliphatic rings. The van der Waals surface area contributed by atoms with E-state index in [-0.39, 0.29) is 23.1 Å². The van der Waals surface area contributed by atoms with Crippen molar-refractivity contribution in [2.75, 3.05) is 12.3 Å². The fraction of sp³-hybridized carbons (Fsp3) is 0.300. The molecule has 0 radical (unpaired) electrons. The highest BCUT2D eigenvalue weighted by atomic mass is 79.9. The first-order valence-electron chi connectivity index (χ1n) is 4.44. The zero-order chi connectivity index (χ0) is 11.4. The molecule has 0 fully saturated rings. The van der Waals surface area contributed by atoms with E-state index in [0.29, 0.717) is 5.69 Å². The summed E-state index contributed by atoms with van der Waals surface area (Å²) in [6, 6.07) is 3.02. The molecule has 0 aromatic heterocycles. The van der Waals surface area contributed by atoms with Gasteiger partial charge < -0.3 is 10.5 Å². The number of hydrogen-bond donors (Lipinski definition) is 1. The lowest BCUT2D eigenvalue weighted by Crippen LogP contribution is -2.09. The number of halogens is 2. The van der Waals surface area contributed by atoms with E-state index in [1.807, 2.05) is 0 Å². The van der Waals surface area contributed by atoms with Gasteiger partial charge in [0, 0.05) is 11.3 Å². The number of nitrogens with two attached hydrogens (primary N) is 1. The van der Waals surface area contributed by atoms with Crippen LogP contribution in [0.15, 0.2) is 16.6 Å². The standard InChI is InChI=1S/C10H11BrFNO2/c1-2-15-8(14)5-6-3-4-7(13)9(11)10(6)12/h3-4H,2,5,13H2,1H3. The van der Waals surface area contributed by atoms with Crippen molar-refractivity contribution in [2.24, 2.45) is 0 Å². The molecule has 0 aliphatic carbocycles. The first-order valence-corrected chi connectivity index (χ1v) is 5.23. The predicted octanol–water partition coefficient (Wildman–Crippen LogP) is 2.28. The molecule has 0 saturated heterocycles. The molecule has 0 saturated carbocycles. The third-order valence-electron chi connectivity index (χ3n) is 1.83. The van der Waals surface area contributed by atoms with E-state index >= 15 is 0 Å². The highest BCUT2D eigenvalue weighted by Crippen LogP contribution is 2.25. The molecule has 2 N–H and O–H groups in total. The van der Waals surface area contributed by atoms with E-state index in [9.17, 15) is 9.18 Å². The number of carbonyl (C=O) groups is 1. The lowest BCUT2D eigenvalue weighted by atomic mass is 10.1. The third-order valence-corrected chi connectivity index (χ3v) is 2.64. The van der Waals surface area contributed by atoms with Gasteiger partial charge in [0.15, 0.2) is 0 Å². The van der Waals surface area contributed by atoms with Crippen molar-refractivity contribution in [1.82, 2.24) is 0 Å². The van der Waals surface area contributed by atoms with Crippen LogP contribution in [0.5, 0.6) is 0 Å². The van der Waals surface area contributed by atoms with Gasteiger partial charge in [-0.2, -0.15) is 0 Å². The summed E-state index contributed by atoms with van der Waals surface area (Å²) in [5, 5.41) is 0. The van der Waals surface area contributed by atoms with Crippen LogP contribution in [0, 0.1) is 5.82 Å². The average Bonchev–Trinajstić information content (AvgIpc) is 2.20. The number of carbonyl (C=O) groups excluding carboxylic acids is 1. The summed E-state index contributed by atoms with van der Waals surface area (Å²) in [5.74, 6) is -0.962. The quantitative estimate of drug-likeness (QED) is 0.680. The highest BCUT2D eigenvalue weighted by molar-refractivity contribution is 9.10. The van der Waals surface area contributed by atoms with Crippen LogP contribution in [0.2, 0.25) is 0 Å². The van der Waals surface area contributed by atoms with Crippen LogP contribution in [0.1, 0.15) is 12.5 Å². The number of esters is 1. The van der Waals surface area contributed by atoms with Crippen molar-refractivity contribution in [3.8, 4) is 0 Å². The Kier molecular flexibility index (Phi) is 4.08. The molecule has 15 heavy (non-hydrogen) atoms. The molecule has 0 heterocycles. The Balaban J connectivity index is 2.87. The maximum atomic E-state index is 13.5. The van der Waals surface area contributed by atoms with Gasteiger partial charge in [0.05, 0.1) is 17.5 Å². The van der Waals surface area contributed by atoms with Gasteiger partial charge in [-0.05, 0) is 28.9 Å². The summed E-state index contributed by atoms with van der Waals surface area (Å²) in [6.45, 7) is 1.99. The van der Waals surface area contributed by atoms with Crippen molar-refractivity contribution in [2.45, 2.75) is 13.3 Å². The van der Waals surface area contributed by atoms with Crippen LogP contribution < -0.4 is 5.73 Å². The lowest BCUT2D eigenvalue weighted by Gasteiger charge is -2.06. The van der Waals surface area contributed by atoms with Crippen LogP contribution >= 0.6 is 15.9 Å². The van der Waals surface area contributed by atoms with Crippen LogP contribution in [-0.2, 0) is 16.0 Å². The molecule has 1 aromatic rings. The number of ether oxygens (including phenoxy) is 1. The van der Waals surface area contributed by atoms with Crippen molar-refractivity contribution < 1.29 is 13.9 Å². The minimum atomic E-state index is -0.511. The second-order valence-electron chi connectivity index (χ2n) is 2.92. The Morgan fingerprint density at radius 3 is 2.87 bits per heavy atom. The van der Waals surface area contributed by atoms with Gasteiger partial charge in [-0.3, -0.25) is 4.79 Å². The molecular formula is C10H11BrFNO2. The summed E-state index contributed by atoms with van der Waals surface area (Å²) in [4.78, 5) is 11.1. The summed E-state index contributed by atoms with van der Waals surface area (Å²) in [5.41, 5.74) is 6.05. The van der Waals surface area contributed by atoms with Gasteiger partial charge in [-0.1, -0.05) is 6.07 Å². The summed E-state index contributed by atoms with van der Waals surface area (Å²) < 4.78 is 18.4. The summed E-state index contributed by atoms with van der Waals surface area (Å²) >= 11 is 3.01. The number of rotatable bonds is 3. The zero-order valence-electron chi connectivity index (χ0n) is 8.22. The maximum absolute atomic E-state index is 13.5. The van der Waals surface area contributed by atoms with Crippen molar-refractivity contribution in [3.05, 3.63) is 28.0 Å². The van der Waals surface area contributed by atoms with Gasteiger partial charge in [-0.25, -0.2) is 4.39 Å². The molecule has 0 bridgehead atoms. The first kappa shape index (κ1) is 12.0. The third kappa shape index (κ3) is 2.92. The highest BCUT2D eigenvalue weighted by Gasteiger charge is 2.13. The Morgan fingerprint density at radius 2 is 2.27 bits per heavy atom. The van der Waals surface area contributed by atoms with Gasteiger partial charge in [0.25, 0.3) is 0 Å². The number of hydrogen-bond acceptors (Lipinski definition) is 3. The van der Waals surface area contributed by atoms with E-state index in [4.69, 9.17) is 10.5 Å². The second kappa shape index (κ2) is 5.11. The Bertz CT molecular complexity index is 382. The molecule has 3 nitrogen and oxygen atoms in total. The van der Waals surface area contributed by atoms with Gasteiger partial charge >= 0.3 is 5.97 Å². The minimum Gasteiger partial charge on any atom is -0.466 e. The van der Waals surface area contributed by atoms with Crippen molar-refractivity contribution >= 4 is 27.6 Å². The van der Waals surface area contributed by atoms with Crippen molar-refractivity contribution in [3.63, 3.8) is 0 Å². The van der Waals surface area contributed by atoms with Crippen molar-refractivity contribution in [1.29, 1.82) is 0 Å². The monoisotopic (exact) mass is 275 g/mol. The zero-order valence-corrected chi connectivity index (χ0v) is 9.80. The summed E-state index contributed by atoms with van der Waals surface area (Å²) in [6.07, 6.45) is -0.0848. The minimum absolute atomic E-state index is 0.0848. The van der Waals surface area contributed by atoms with E-state index < -0.39 is 11.8 Å². The molecule has 5 heteroatoms. The largest absolute Gasteiger partial charge is 0.466 e. The molecule has 1 aromatic carbocycles. The van der Waals surface area contributed by atoms with E-state index in [0.717, 1.165) is 0 Å². The molecular weight excluding hydrogens is 265 g/mol. The molecule has 82 valence electrons. The number of benzene rings is 1. The van der Waals surface area contributed by atoms with E-state index in [2.05, 4.69) is 15.9 Å². The fourth-order valence-electron chi connectivity index (χ4n) is 1.11. The normalized spacial score (nSPS) is 10.1. The molecule has 0 aliphatic heterocycles. The van der Waals surface area contributed by atoms with Crippen LogP contribution in [0.3, 0.4) is 0 Å². The fourth-order valence-corrected chi connectivity index (χ4v) is 1.50. The Hall–Kier alpha value is -1.10. The predicted molar refractivity (Wildman–Crippen MR) is 58.8 cm³/mol. The van der Waals surface area contributed by atoms with E-state index in [1.54, 1.807) is 13.0 Å². The average molecular weight is 276 g/mol. The van der Waals surface area contributed by atoms with Crippen LogP contribution in [0.25, 0.3) is 0 Å². The topological polar surface area (TPSA) is 52.3 Å². The Labute approximate surface area is 95.5 Å². The van der Waals surface area contributed by atoms with Gasteiger partial charge in [-0.15, -0.1) is 0 Å². The first-order chi connectivity index (χ1) is 7.06. The molecule has 0 atom stereocenters. The number of anilines is 1. The molecule has 0 spiro atoms. The smallest absolute Gasteiger partial charge is 0.310 e. The van der Waals surface area contributed by atoms with Crippen LogP contribution in [0.4, 0.5) is 10.1 Å². The van der Waals surface area contributed by atoms with Gasteiger partial charge in [0.1, 0.15) is 5.82 Å². The molecule has 0 unspecified atom stereocenters.